The Labute approximate surface area is 171 Å². The predicted molar refractivity (Wildman–Crippen MR) is 114 cm³/mol. The number of benzene rings is 2. The van der Waals surface area contributed by atoms with E-state index in [1.807, 2.05) is 6.07 Å². The molecule has 6 nitrogen and oxygen atoms in total. The second-order valence-electron chi connectivity index (χ2n) is 6.06. The summed E-state index contributed by atoms with van der Waals surface area (Å²) in [7, 11) is 0. The van der Waals surface area contributed by atoms with Crippen molar-refractivity contribution in [1.82, 2.24) is 10.2 Å². The van der Waals surface area contributed by atoms with Crippen molar-refractivity contribution in [3.8, 4) is 0 Å². The highest BCUT2D eigenvalue weighted by Gasteiger charge is 2.13. The van der Waals surface area contributed by atoms with E-state index in [0.717, 1.165) is 10.8 Å². The van der Waals surface area contributed by atoms with E-state index in [1.54, 1.807) is 60.3 Å². The largest absolute Gasteiger partial charge is 0.322 e. The Balaban J connectivity index is 1.65. The fraction of sp³-hybridized carbons (Fsp3) is 0.200. The average molecular weight is 413 g/mol. The fourth-order valence-corrected chi connectivity index (χ4v) is 4.26. The fourth-order valence-electron chi connectivity index (χ4n) is 2.26. The van der Waals surface area contributed by atoms with Crippen LogP contribution in [0.15, 0.2) is 58.9 Å². The van der Waals surface area contributed by atoms with Gasteiger partial charge in [0.15, 0.2) is 4.34 Å². The lowest BCUT2D eigenvalue weighted by Crippen LogP contribution is -2.14. The number of carbonyl (C=O) groups excluding carboxylic acids is 2. The van der Waals surface area contributed by atoms with Crippen LogP contribution >= 0.6 is 23.1 Å². The first kappa shape index (κ1) is 20.0. The summed E-state index contributed by atoms with van der Waals surface area (Å²) in [5.41, 5.74) is 1.53. The van der Waals surface area contributed by atoms with Gasteiger partial charge in [-0.3, -0.25) is 14.9 Å². The number of rotatable bonds is 7. The van der Waals surface area contributed by atoms with E-state index in [0.29, 0.717) is 27.2 Å². The van der Waals surface area contributed by atoms with Crippen LogP contribution in [0, 0.1) is 0 Å². The highest BCUT2D eigenvalue weighted by molar-refractivity contribution is 8.01. The van der Waals surface area contributed by atoms with Gasteiger partial charge in [-0.2, -0.15) is 0 Å². The lowest BCUT2D eigenvalue weighted by Gasteiger charge is -2.07. The molecule has 0 aliphatic heterocycles. The summed E-state index contributed by atoms with van der Waals surface area (Å²) in [6.07, 6.45) is 1.04. The van der Waals surface area contributed by atoms with Gasteiger partial charge in [0.25, 0.3) is 11.8 Å². The van der Waals surface area contributed by atoms with Gasteiger partial charge in [-0.05, 0) is 36.8 Å². The summed E-state index contributed by atoms with van der Waals surface area (Å²) < 4.78 is 0.827. The Morgan fingerprint density at radius 3 is 2.46 bits per heavy atom. The van der Waals surface area contributed by atoms with Crippen LogP contribution in [0.3, 0.4) is 0 Å². The molecule has 2 amide bonds. The zero-order chi connectivity index (χ0) is 19.9. The van der Waals surface area contributed by atoms with Gasteiger partial charge >= 0.3 is 0 Å². The number of amides is 2. The van der Waals surface area contributed by atoms with Crippen LogP contribution in [-0.2, 0) is 0 Å². The highest BCUT2D eigenvalue weighted by atomic mass is 32.2. The predicted octanol–water partition coefficient (Wildman–Crippen LogP) is 4.93. The van der Waals surface area contributed by atoms with Crippen molar-refractivity contribution < 1.29 is 9.59 Å². The number of aromatic nitrogens is 2. The van der Waals surface area contributed by atoms with E-state index < -0.39 is 0 Å². The number of hydrogen-bond acceptors (Lipinski definition) is 6. The maximum Gasteiger partial charge on any atom is 0.257 e. The van der Waals surface area contributed by atoms with Gasteiger partial charge < -0.3 is 5.32 Å². The van der Waals surface area contributed by atoms with Gasteiger partial charge in [0.2, 0.25) is 5.13 Å². The van der Waals surface area contributed by atoms with Crippen LogP contribution in [0.4, 0.5) is 10.8 Å². The first-order chi connectivity index (χ1) is 13.5. The van der Waals surface area contributed by atoms with Gasteiger partial charge in [0.05, 0.1) is 0 Å². The first-order valence-corrected chi connectivity index (χ1v) is 10.5. The summed E-state index contributed by atoms with van der Waals surface area (Å²) in [6.45, 7) is 4.24. The molecular weight excluding hydrogens is 392 g/mol. The minimum absolute atomic E-state index is 0.228. The number of anilines is 2. The Morgan fingerprint density at radius 1 is 1.00 bits per heavy atom. The topological polar surface area (TPSA) is 84.0 Å². The lowest BCUT2D eigenvalue weighted by atomic mass is 10.1. The van der Waals surface area contributed by atoms with Crippen molar-refractivity contribution in [2.45, 2.75) is 29.9 Å². The van der Waals surface area contributed by atoms with E-state index in [1.165, 1.54) is 11.3 Å². The average Bonchev–Trinajstić information content (AvgIpc) is 3.15. The Bertz CT molecular complexity index is 960. The van der Waals surface area contributed by atoms with Crippen molar-refractivity contribution in [3.05, 3.63) is 65.7 Å². The molecule has 28 heavy (non-hydrogen) atoms. The van der Waals surface area contributed by atoms with E-state index in [4.69, 9.17) is 0 Å². The van der Waals surface area contributed by atoms with Crippen LogP contribution in [-0.4, -0.2) is 27.3 Å². The molecule has 8 heteroatoms. The third-order valence-electron chi connectivity index (χ3n) is 3.92. The number of nitrogens with one attached hydrogen (secondary N) is 2. The summed E-state index contributed by atoms with van der Waals surface area (Å²) in [5, 5.41) is 14.6. The molecule has 0 radical (unpaired) electrons. The number of hydrogen-bond donors (Lipinski definition) is 2. The van der Waals surface area contributed by atoms with Crippen LogP contribution in [0.25, 0.3) is 0 Å². The number of thioether (sulfide) groups is 1. The molecule has 1 unspecified atom stereocenters. The van der Waals surface area contributed by atoms with Gasteiger partial charge in [0.1, 0.15) is 0 Å². The molecular formula is C20H20N4O2S2. The quantitative estimate of drug-likeness (QED) is 0.424. The Hall–Kier alpha value is -2.71. The molecule has 0 saturated carbocycles. The van der Waals surface area contributed by atoms with Gasteiger partial charge in [-0.25, -0.2) is 0 Å². The van der Waals surface area contributed by atoms with Crippen molar-refractivity contribution in [2.75, 3.05) is 10.6 Å². The third-order valence-corrected chi connectivity index (χ3v) is 6.11. The normalized spacial score (nSPS) is 11.6. The molecule has 3 aromatic rings. The molecule has 1 aromatic heterocycles. The standard InChI is InChI=1S/C20H20N4O2S2/c1-3-13(2)27-20-24-23-19(28-20)22-18(26)15-10-7-11-16(12-15)21-17(25)14-8-5-4-6-9-14/h4-13H,3H2,1-2H3,(H,21,25)(H,22,23,26). The maximum absolute atomic E-state index is 12.5. The zero-order valence-corrected chi connectivity index (χ0v) is 17.1. The van der Waals surface area contributed by atoms with Crippen LogP contribution in [0.5, 0.6) is 0 Å². The van der Waals surface area contributed by atoms with Gasteiger partial charge in [-0.1, -0.05) is 61.2 Å². The number of carbonyl (C=O) groups is 2. The first-order valence-electron chi connectivity index (χ1n) is 8.83. The molecule has 2 N–H and O–H groups in total. The van der Waals surface area contributed by atoms with Crippen molar-refractivity contribution in [3.63, 3.8) is 0 Å². The summed E-state index contributed by atoms with van der Waals surface area (Å²) >= 11 is 2.99. The molecule has 0 fully saturated rings. The van der Waals surface area contributed by atoms with Gasteiger partial charge in [0, 0.05) is 22.1 Å². The molecule has 0 aliphatic carbocycles. The van der Waals surface area contributed by atoms with Crippen LogP contribution in [0.1, 0.15) is 41.0 Å². The van der Waals surface area contributed by atoms with Crippen molar-refractivity contribution in [2.24, 2.45) is 0 Å². The molecule has 1 atom stereocenters. The maximum atomic E-state index is 12.5. The smallest absolute Gasteiger partial charge is 0.257 e. The minimum atomic E-state index is -0.299. The molecule has 0 spiro atoms. The second kappa shape index (κ2) is 9.48. The Morgan fingerprint density at radius 2 is 1.71 bits per heavy atom. The highest BCUT2D eigenvalue weighted by Crippen LogP contribution is 2.30. The summed E-state index contributed by atoms with van der Waals surface area (Å²) in [5.74, 6) is -0.527. The SMILES string of the molecule is CCC(C)Sc1nnc(NC(=O)c2cccc(NC(=O)c3ccccc3)c2)s1. The molecule has 0 bridgehead atoms. The van der Waals surface area contributed by atoms with Gasteiger partial charge in [-0.15, -0.1) is 10.2 Å². The Kier molecular flexibility index (Phi) is 6.78. The van der Waals surface area contributed by atoms with E-state index in [2.05, 4.69) is 34.7 Å². The second-order valence-corrected chi connectivity index (χ2v) is 8.73. The minimum Gasteiger partial charge on any atom is -0.322 e. The van der Waals surface area contributed by atoms with Crippen LogP contribution in [0.2, 0.25) is 0 Å². The van der Waals surface area contributed by atoms with E-state index in [-0.39, 0.29) is 11.8 Å². The molecule has 0 aliphatic rings. The summed E-state index contributed by atoms with van der Waals surface area (Å²) in [6, 6.07) is 15.7. The molecule has 0 saturated heterocycles. The van der Waals surface area contributed by atoms with Crippen LogP contribution < -0.4 is 10.6 Å². The van der Waals surface area contributed by atoms with E-state index in [9.17, 15) is 9.59 Å². The van der Waals surface area contributed by atoms with Crippen molar-refractivity contribution >= 4 is 45.7 Å². The molecule has 144 valence electrons. The summed E-state index contributed by atoms with van der Waals surface area (Å²) in [4.78, 5) is 24.8. The zero-order valence-electron chi connectivity index (χ0n) is 15.5. The van der Waals surface area contributed by atoms with Crippen molar-refractivity contribution in [1.29, 1.82) is 0 Å². The molecule has 2 aromatic carbocycles. The monoisotopic (exact) mass is 412 g/mol. The molecule has 1 heterocycles. The third kappa shape index (κ3) is 5.40. The van der Waals surface area contributed by atoms with E-state index >= 15 is 0 Å². The lowest BCUT2D eigenvalue weighted by molar-refractivity contribution is 0.101. The molecule has 3 rings (SSSR count). The number of nitrogens with zero attached hydrogens (tertiary/aromatic N) is 2.